The quantitative estimate of drug-likeness (QED) is 0.171. The minimum atomic E-state index is -1.43. The Morgan fingerprint density at radius 3 is 1.11 bits per heavy atom. The third kappa shape index (κ3) is 5.91. The van der Waals surface area contributed by atoms with E-state index >= 15 is 0 Å². The van der Waals surface area contributed by atoms with Crippen LogP contribution in [0.2, 0.25) is 0 Å². The van der Waals surface area contributed by atoms with Gasteiger partial charge < -0.3 is 20.1 Å². The summed E-state index contributed by atoms with van der Waals surface area (Å²) in [4.78, 5) is 0. The summed E-state index contributed by atoms with van der Waals surface area (Å²) in [5.74, 6) is 0. The predicted octanol–water partition coefficient (Wildman–Crippen LogP) is 6.68. The van der Waals surface area contributed by atoms with Gasteiger partial charge in [0.2, 0.25) is 0 Å². The van der Waals surface area contributed by atoms with Gasteiger partial charge in [-0.05, 0) is 88.4 Å². The van der Waals surface area contributed by atoms with Gasteiger partial charge in [0.1, 0.15) is 0 Å². The molecule has 0 saturated carbocycles. The van der Waals surface area contributed by atoms with Crippen molar-refractivity contribution in [3.8, 4) is 22.3 Å². The third-order valence-electron chi connectivity index (χ3n) is 8.53. The molecule has 0 aliphatic heterocycles. The van der Waals surface area contributed by atoms with Crippen LogP contribution in [0.25, 0.3) is 65.3 Å². The van der Waals surface area contributed by atoms with Gasteiger partial charge in [-0.25, -0.2) is 0 Å². The van der Waals surface area contributed by atoms with Crippen LogP contribution in [-0.2, 0) is 0 Å². The topological polar surface area (TPSA) is 80.9 Å². The Kier molecular flexibility index (Phi) is 8.10. The lowest BCUT2D eigenvalue weighted by atomic mass is 9.79. The van der Waals surface area contributed by atoms with Crippen LogP contribution in [-0.4, -0.2) is 34.3 Å². The number of fused-ring (bicyclic) bond motifs is 4. The fourth-order valence-corrected chi connectivity index (χ4v) is 6.14. The maximum absolute atomic E-state index is 9.29. The van der Waals surface area contributed by atoms with E-state index in [9.17, 15) is 20.1 Å². The minimum absolute atomic E-state index is 0.510. The number of hydrogen-bond acceptors (Lipinski definition) is 4. The molecule has 0 spiro atoms. The molecule has 8 rings (SSSR count). The molecule has 6 heteroatoms. The van der Waals surface area contributed by atoms with Gasteiger partial charge in [-0.3, -0.25) is 0 Å². The minimum Gasteiger partial charge on any atom is -0.423 e. The Bertz CT molecular complexity index is 2170. The highest BCUT2D eigenvalue weighted by atomic mass is 16.4. The zero-order valence-electron chi connectivity index (χ0n) is 25.0. The third-order valence-corrected chi connectivity index (χ3v) is 8.53. The first kappa shape index (κ1) is 29.5. The molecule has 8 aromatic carbocycles. The molecule has 0 fully saturated rings. The molecule has 0 aliphatic carbocycles. The smallest absolute Gasteiger partial charge is 0.423 e. The van der Waals surface area contributed by atoms with Crippen LogP contribution in [0.5, 0.6) is 0 Å². The summed E-state index contributed by atoms with van der Waals surface area (Å²) in [6.07, 6.45) is 0. The summed E-state index contributed by atoms with van der Waals surface area (Å²) in [6, 6.07) is 52.9. The summed E-state index contributed by atoms with van der Waals surface area (Å²) < 4.78 is 0. The SMILES string of the molecule is OB(O)c1ccc2cc(-c3cccc4ccccc34)ccc2c1.OB(O)c1ccc2cc(-c3cccc4ccccc34)ccc2c1. The molecule has 4 N–H and O–H groups in total. The second-order valence-electron chi connectivity index (χ2n) is 11.4. The molecule has 4 nitrogen and oxygen atoms in total. The van der Waals surface area contributed by atoms with Crippen LogP contribution in [0.1, 0.15) is 0 Å². The van der Waals surface area contributed by atoms with E-state index in [0.29, 0.717) is 10.9 Å². The lowest BCUT2D eigenvalue weighted by Crippen LogP contribution is -2.29. The molecule has 46 heavy (non-hydrogen) atoms. The Hall–Kier alpha value is -5.23. The maximum Gasteiger partial charge on any atom is 0.488 e. The molecule has 0 aliphatic rings. The van der Waals surface area contributed by atoms with E-state index < -0.39 is 14.2 Å². The Balaban J connectivity index is 0.000000147. The average molecular weight is 596 g/mol. The van der Waals surface area contributed by atoms with Crippen LogP contribution < -0.4 is 10.9 Å². The molecule has 0 atom stereocenters. The van der Waals surface area contributed by atoms with Gasteiger partial charge in [0.15, 0.2) is 0 Å². The van der Waals surface area contributed by atoms with E-state index in [1.54, 1.807) is 12.1 Å². The zero-order chi connectivity index (χ0) is 31.6. The fourth-order valence-electron chi connectivity index (χ4n) is 6.14. The first-order chi connectivity index (χ1) is 22.4. The molecular formula is C40H30B2O4. The second kappa shape index (κ2) is 12.6. The van der Waals surface area contributed by atoms with Gasteiger partial charge in [0.25, 0.3) is 0 Å². The van der Waals surface area contributed by atoms with Crippen LogP contribution in [0.3, 0.4) is 0 Å². The largest absolute Gasteiger partial charge is 0.488 e. The van der Waals surface area contributed by atoms with Crippen molar-refractivity contribution >= 4 is 68.3 Å². The number of rotatable bonds is 4. The van der Waals surface area contributed by atoms with E-state index in [4.69, 9.17) is 0 Å². The highest BCUT2D eigenvalue weighted by molar-refractivity contribution is 6.59. The van der Waals surface area contributed by atoms with Crippen molar-refractivity contribution < 1.29 is 20.1 Å². The van der Waals surface area contributed by atoms with E-state index in [1.807, 2.05) is 48.5 Å². The Labute approximate surface area is 267 Å². The molecule has 220 valence electrons. The molecule has 0 heterocycles. The van der Waals surface area contributed by atoms with Gasteiger partial charge in [-0.2, -0.15) is 0 Å². The first-order valence-corrected chi connectivity index (χ1v) is 15.2. The summed E-state index contributed by atoms with van der Waals surface area (Å²) >= 11 is 0. The molecule has 0 amide bonds. The average Bonchev–Trinajstić information content (AvgIpc) is 3.10. The van der Waals surface area contributed by atoms with Crippen LogP contribution in [0, 0.1) is 0 Å². The molecule has 0 bridgehead atoms. The monoisotopic (exact) mass is 596 g/mol. The standard InChI is InChI=1S/2C20H15BO2/c2*22-21(23)18-11-10-15-12-17(9-8-16(15)13-18)20-7-3-5-14-4-1-2-6-19(14)20/h2*1-13,22-23H. The van der Waals surface area contributed by atoms with Crippen molar-refractivity contribution in [2.24, 2.45) is 0 Å². The van der Waals surface area contributed by atoms with Crippen molar-refractivity contribution in [3.63, 3.8) is 0 Å². The Morgan fingerprint density at radius 1 is 0.304 bits per heavy atom. The first-order valence-electron chi connectivity index (χ1n) is 15.2. The lowest BCUT2D eigenvalue weighted by Gasteiger charge is -2.09. The van der Waals surface area contributed by atoms with Crippen molar-refractivity contribution in [3.05, 3.63) is 158 Å². The van der Waals surface area contributed by atoms with E-state index in [2.05, 4.69) is 97.1 Å². The second-order valence-corrected chi connectivity index (χ2v) is 11.4. The fraction of sp³-hybridized carbons (Fsp3) is 0. The van der Waals surface area contributed by atoms with Crippen LogP contribution in [0.15, 0.2) is 158 Å². The van der Waals surface area contributed by atoms with E-state index in [0.717, 1.165) is 32.7 Å². The molecule has 0 unspecified atom stereocenters. The maximum atomic E-state index is 9.29. The van der Waals surface area contributed by atoms with Crippen molar-refractivity contribution in [2.45, 2.75) is 0 Å². The van der Waals surface area contributed by atoms with Gasteiger partial charge in [-0.1, -0.05) is 146 Å². The highest BCUT2D eigenvalue weighted by Crippen LogP contribution is 2.32. The number of benzene rings is 8. The van der Waals surface area contributed by atoms with Crippen molar-refractivity contribution in [1.29, 1.82) is 0 Å². The molecule has 0 aromatic heterocycles. The van der Waals surface area contributed by atoms with Gasteiger partial charge >= 0.3 is 14.2 Å². The lowest BCUT2D eigenvalue weighted by molar-refractivity contribution is 0.424. The Morgan fingerprint density at radius 2 is 0.674 bits per heavy atom. The zero-order valence-corrected chi connectivity index (χ0v) is 25.0. The van der Waals surface area contributed by atoms with Gasteiger partial charge in [0, 0.05) is 0 Å². The van der Waals surface area contributed by atoms with Crippen molar-refractivity contribution in [1.82, 2.24) is 0 Å². The predicted molar refractivity (Wildman–Crippen MR) is 193 cm³/mol. The summed E-state index contributed by atoms with van der Waals surface area (Å²) in [5, 5.41) is 46.2. The normalized spacial score (nSPS) is 11.0. The van der Waals surface area contributed by atoms with Crippen LogP contribution in [0.4, 0.5) is 0 Å². The van der Waals surface area contributed by atoms with Crippen LogP contribution >= 0.6 is 0 Å². The highest BCUT2D eigenvalue weighted by Gasteiger charge is 2.13. The summed E-state index contributed by atoms with van der Waals surface area (Å²) in [5.41, 5.74) is 5.75. The van der Waals surface area contributed by atoms with Gasteiger partial charge in [-0.15, -0.1) is 0 Å². The molecule has 8 aromatic rings. The molecule has 0 radical (unpaired) electrons. The van der Waals surface area contributed by atoms with Gasteiger partial charge in [0.05, 0.1) is 0 Å². The van der Waals surface area contributed by atoms with Crippen molar-refractivity contribution in [2.75, 3.05) is 0 Å². The van der Waals surface area contributed by atoms with E-state index in [1.165, 1.54) is 32.7 Å². The van der Waals surface area contributed by atoms with E-state index in [-0.39, 0.29) is 0 Å². The summed E-state index contributed by atoms with van der Waals surface area (Å²) in [6.45, 7) is 0. The molecule has 0 saturated heterocycles. The summed E-state index contributed by atoms with van der Waals surface area (Å²) in [7, 11) is -2.87. The number of hydrogen-bond donors (Lipinski definition) is 4. The molecular weight excluding hydrogens is 566 g/mol.